The van der Waals surface area contributed by atoms with Crippen molar-refractivity contribution in [2.75, 3.05) is 26.2 Å². The van der Waals surface area contributed by atoms with Crippen LogP contribution in [0.2, 0.25) is 0 Å². The van der Waals surface area contributed by atoms with Gasteiger partial charge in [0, 0.05) is 12.5 Å². The third kappa shape index (κ3) is 4.13. The van der Waals surface area contributed by atoms with Crippen molar-refractivity contribution in [1.82, 2.24) is 4.90 Å². The summed E-state index contributed by atoms with van der Waals surface area (Å²) in [5.74, 6) is -1.11. The molecule has 23 heavy (non-hydrogen) atoms. The van der Waals surface area contributed by atoms with E-state index in [1.807, 2.05) is 20.8 Å². The summed E-state index contributed by atoms with van der Waals surface area (Å²) in [5.41, 5.74) is -0.141. The Hall–Kier alpha value is -0.490. The fourth-order valence-corrected chi connectivity index (χ4v) is 3.78. The fourth-order valence-electron chi connectivity index (χ4n) is 3.78. The lowest BCUT2D eigenvalue weighted by Gasteiger charge is -2.43. The molecule has 1 aliphatic carbocycles. The summed E-state index contributed by atoms with van der Waals surface area (Å²) in [6.07, 6.45) is 0.861. The van der Waals surface area contributed by atoms with Crippen molar-refractivity contribution in [3.8, 4) is 0 Å². The van der Waals surface area contributed by atoms with E-state index in [1.54, 1.807) is 0 Å². The molecule has 1 aliphatic heterocycles. The molecule has 0 bridgehead atoms. The second kappa shape index (κ2) is 7.18. The van der Waals surface area contributed by atoms with Crippen LogP contribution in [0.4, 0.5) is 0 Å². The zero-order valence-electron chi connectivity index (χ0n) is 15.3. The Labute approximate surface area is 140 Å². The lowest BCUT2D eigenvalue weighted by Crippen LogP contribution is -2.54. The van der Waals surface area contributed by atoms with Crippen LogP contribution in [0.3, 0.4) is 0 Å². The van der Waals surface area contributed by atoms with E-state index in [1.165, 1.54) is 0 Å². The smallest absolute Gasteiger partial charge is 0.202 e. The molecule has 2 fully saturated rings. The van der Waals surface area contributed by atoms with Crippen molar-refractivity contribution in [1.29, 1.82) is 0 Å². The maximum Gasteiger partial charge on any atom is 0.202 e. The van der Waals surface area contributed by atoms with E-state index in [9.17, 15) is 9.90 Å². The molecule has 4 unspecified atom stereocenters. The van der Waals surface area contributed by atoms with Crippen molar-refractivity contribution < 1.29 is 19.4 Å². The maximum atomic E-state index is 12.6. The summed E-state index contributed by atoms with van der Waals surface area (Å²) >= 11 is 0. The van der Waals surface area contributed by atoms with Crippen molar-refractivity contribution in [2.24, 2.45) is 11.3 Å². The highest BCUT2D eigenvalue weighted by Crippen LogP contribution is 2.44. The molecule has 2 aliphatic rings. The minimum atomic E-state index is -1.12. The summed E-state index contributed by atoms with van der Waals surface area (Å²) in [4.78, 5) is 14.9. The van der Waals surface area contributed by atoms with Gasteiger partial charge in [0.05, 0.1) is 19.1 Å². The first-order chi connectivity index (χ1) is 10.7. The van der Waals surface area contributed by atoms with Gasteiger partial charge in [-0.2, -0.15) is 0 Å². The first-order valence-corrected chi connectivity index (χ1v) is 8.96. The Morgan fingerprint density at radius 2 is 2.04 bits per heavy atom. The second-order valence-electron chi connectivity index (χ2n) is 8.07. The predicted molar refractivity (Wildman–Crippen MR) is 89.2 cm³/mol. The van der Waals surface area contributed by atoms with Crippen LogP contribution < -0.4 is 0 Å². The summed E-state index contributed by atoms with van der Waals surface area (Å²) in [5, 5.41) is 10.6. The molecule has 4 atom stereocenters. The average Bonchev–Trinajstić information content (AvgIpc) is 2.85. The van der Waals surface area contributed by atoms with Gasteiger partial charge in [0.15, 0.2) is 0 Å². The molecule has 0 aromatic heterocycles. The van der Waals surface area contributed by atoms with Gasteiger partial charge >= 0.3 is 0 Å². The van der Waals surface area contributed by atoms with Gasteiger partial charge in [-0.05, 0) is 31.3 Å². The fraction of sp³-hybridized carbons (Fsp3) is 0.944. The highest BCUT2D eigenvalue weighted by molar-refractivity contribution is 5.83. The van der Waals surface area contributed by atoms with Gasteiger partial charge in [0.25, 0.3) is 0 Å². The molecule has 5 heteroatoms. The summed E-state index contributed by atoms with van der Waals surface area (Å²) in [7, 11) is 0. The van der Waals surface area contributed by atoms with Crippen molar-refractivity contribution in [3.05, 3.63) is 0 Å². The molecule has 1 saturated carbocycles. The summed E-state index contributed by atoms with van der Waals surface area (Å²) in [6, 6.07) is 0. The Morgan fingerprint density at radius 3 is 2.61 bits per heavy atom. The largest absolute Gasteiger partial charge is 0.387 e. The number of nitrogens with zero attached hydrogens (tertiary/aromatic N) is 1. The van der Waals surface area contributed by atoms with E-state index in [0.29, 0.717) is 13.0 Å². The van der Waals surface area contributed by atoms with Gasteiger partial charge in [-0.25, -0.2) is 0 Å². The first kappa shape index (κ1) is 18.8. The SMILES string of the molecule is CCCN(CC)CC1COC2(CC(=O)C(C(C)(C)C)CC2O)O1. The minimum absolute atomic E-state index is 0.0739. The number of rotatable bonds is 5. The topological polar surface area (TPSA) is 59.0 Å². The van der Waals surface area contributed by atoms with Gasteiger partial charge in [-0.1, -0.05) is 34.6 Å². The van der Waals surface area contributed by atoms with E-state index >= 15 is 0 Å². The van der Waals surface area contributed by atoms with Crippen LogP contribution in [0.25, 0.3) is 0 Å². The number of carbonyl (C=O) groups excluding carboxylic acids is 1. The summed E-state index contributed by atoms with van der Waals surface area (Å²) < 4.78 is 11.9. The first-order valence-electron chi connectivity index (χ1n) is 8.96. The van der Waals surface area contributed by atoms with Crippen LogP contribution in [0.1, 0.15) is 53.9 Å². The van der Waals surface area contributed by atoms with Gasteiger partial charge in [0.2, 0.25) is 5.79 Å². The number of likely N-dealkylation sites (N-methyl/N-ethyl adjacent to an activating group) is 1. The number of ketones is 1. The van der Waals surface area contributed by atoms with E-state index in [-0.39, 0.29) is 29.6 Å². The zero-order chi connectivity index (χ0) is 17.3. The van der Waals surface area contributed by atoms with Crippen LogP contribution in [-0.2, 0) is 14.3 Å². The molecule has 1 spiro atoms. The normalized spacial score (nSPS) is 35.4. The van der Waals surface area contributed by atoms with E-state index in [2.05, 4.69) is 18.7 Å². The third-order valence-electron chi connectivity index (χ3n) is 5.15. The number of aliphatic hydroxyl groups is 1. The maximum absolute atomic E-state index is 12.6. The van der Waals surface area contributed by atoms with Crippen LogP contribution >= 0.6 is 0 Å². The molecule has 1 N–H and O–H groups in total. The monoisotopic (exact) mass is 327 g/mol. The lowest BCUT2D eigenvalue weighted by molar-refractivity contribution is -0.246. The number of hydrogen-bond acceptors (Lipinski definition) is 5. The number of ether oxygens (including phenoxy) is 2. The number of carbonyl (C=O) groups is 1. The molecule has 1 saturated heterocycles. The second-order valence-corrected chi connectivity index (χ2v) is 8.07. The van der Waals surface area contributed by atoms with Crippen molar-refractivity contribution >= 4 is 5.78 Å². The lowest BCUT2D eigenvalue weighted by atomic mass is 9.69. The third-order valence-corrected chi connectivity index (χ3v) is 5.15. The van der Waals surface area contributed by atoms with Gasteiger partial charge in [0.1, 0.15) is 11.9 Å². The van der Waals surface area contributed by atoms with Gasteiger partial charge in [-0.3, -0.25) is 4.79 Å². The van der Waals surface area contributed by atoms with Gasteiger partial charge in [-0.15, -0.1) is 0 Å². The van der Waals surface area contributed by atoms with E-state index in [0.717, 1.165) is 26.1 Å². The highest BCUT2D eigenvalue weighted by Gasteiger charge is 2.55. The number of aliphatic hydroxyl groups excluding tert-OH is 1. The number of hydrogen-bond donors (Lipinski definition) is 1. The standard InChI is InChI=1S/C18H33NO4/c1-6-8-19(7-2)11-13-12-22-18(23-13)10-15(20)14(9-16(18)21)17(3,4)5/h13-14,16,21H,6-12H2,1-5H3. The Balaban J connectivity index is 2.00. The highest BCUT2D eigenvalue weighted by atomic mass is 16.8. The zero-order valence-corrected chi connectivity index (χ0v) is 15.3. The molecule has 134 valence electrons. The Morgan fingerprint density at radius 1 is 1.35 bits per heavy atom. The van der Waals surface area contributed by atoms with Crippen molar-refractivity contribution in [2.45, 2.75) is 71.9 Å². The average molecular weight is 327 g/mol. The van der Waals surface area contributed by atoms with Crippen LogP contribution in [0, 0.1) is 11.3 Å². The molecule has 5 nitrogen and oxygen atoms in total. The summed E-state index contributed by atoms with van der Waals surface area (Å²) in [6.45, 7) is 13.7. The van der Waals surface area contributed by atoms with Crippen molar-refractivity contribution in [3.63, 3.8) is 0 Å². The molecule has 0 radical (unpaired) electrons. The molecule has 0 aromatic carbocycles. The molecular formula is C18H33NO4. The number of Topliss-reactive ketones (excluding diaryl/α,β-unsaturated/α-hetero) is 1. The minimum Gasteiger partial charge on any atom is -0.387 e. The van der Waals surface area contributed by atoms with E-state index in [4.69, 9.17) is 9.47 Å². The molecular weight excluding hydrogens is 294 g/mol. The molecule has 2 rings (SSSR count). The molecule has 0 aromatic rings. The van der Waals surface area contributed by atoms with Crippen LogP contribution in [-0.4, -0.2) is 60.0 Å². The molecule has 1 heterocycles. The van der Waals surface area contributed by atoms with E-state index < -0.39 is 11.9 Å². The Kier molecular flexibility index (Phi) is 5.88. The van der Waals surface area contributed by atoms with Crippen LogP contribution in [0.5, 0.6) is 0 Å². The van der Waals surface area contributed by atoms with Gasteiger partial charge < -0.3 is 19.5 Å². The quantitative estimate of drug-likeness (QED) is 0.839. The molecule has 0 amide bonds. The Bertz CT molecular complexity index is 420. The predicted octanol–water partition coefficient (Wildman–Crippen LogP) is 2.22. The van der Waals surface area contributed by atoms with Crippen LogP contribution in [0.15, 0.2) is 0 Å².